The van der Waals surface area contributed by atoms with E-state index in [0.29, 0.717) is 12.1 Å². The van der Waals surface area contributed by atoms with E-state index in [4.69, 9.17) is 5.26 Å². The van der Waals surface area contributed by atoms with Gasteiger partial charge in [0.2, 0.25) is 0 Å². The van der Waals surface area contributed by atoms with Gasteiger partial charge in [-0.1, -0.05) is 15.9 Å². The Hall–Kier alpha value is -1.80. The first-order chi connectivity index (χ1) is 7.79. The summed E-state index contributed by atoms with van der Waals surface area (Å²) in [5.74, 6) is 0. The van der Waals surface area contributed by atoms with Crippen molar-refractivity contribution in [1.82, 2.24) is 10.2 Å². The summed E-state index contributed by atoms with van der Waals surface area (Å²) in [5.41, 5.74) is 2.49. The second kappa shape index (κ2) is 4.81. The highest BCUT2D eigenvalue weighted by Crippen LogP contribution is 2.21. The van der Waals surface area contributed by atoms with Crippen molar-refractivity contribution in [3.8, 4) is 6.07 Å². The third-order valence-corrected chi connectivity index (χ3v) is 2.63. The van der Waals surface area contributed by atoms with Gasteiger partial charge in [0.1, 0.15) is 6.07 Å². The number of aromatic nitrogens is 2. The Kier molecular flexibility index (Phi) is 3.22. The Morgan fingerprint density at radius 1 is 1.50 bits per heavy atom. The van der Waals surface area contributed by atoms with Gasteiger partial charge in [0.25, 0.3) is 0 Å². The molecule has 0 aliphatic heterocycles. The topological polar surface area (TPSA) is 64.5 Å². The van der Waals surface area contributed by atoms with E-state index in [1.165, 1.54) is 0 Å². The predicted octanol–water partition coefficient (Wildman–Crippen LogP) is 2.66. The molecule has 0 radical (unpaired) electrons. The Labute approximate surface area is 101 Å². The molecule has 0 saturated heterocycles. The van der Waals surface area contributed by atoms with Gasteiger partial charge in [0.05, 0.1) is 17.4 Å². The number of benzene rings is 1. The largest absolute Gasteiger partial charge is 0.380 e. The van der Waals surface area contributed by atoms with Crippen molar-refractivity contribution in [2.24, 2.45) is 0 Å². The minimum absolute atomic E-state index is 0.631. The maximum atomic E-state index is 8.94. The predicted molar refractivity (Wildman–Crippen MR) is 64.8 cm³/mol. The molecule has 4 nitrogen and oxygen atoms in total. The smallest absolute Gasteiger partial charge is 0.101 e. The van der Waals surface area contributed by atoms with Crippen LogP contribution in [-0.2, 0) is 6.54 Å². The molecular formula is C11H9BrN4. The number of hydrogen-bond donors (Lipinski definition) is 2. The fraction of sp³-hybridized carbons (Fsp3) is 0.0909. The Morgan fingerprint density at radius 3 is 3.06 bits per heavy atom. The third kappa shape index (κ3) is 2.41. The molecule has 1 aromatic heterocycles. The Morgan fingerprint density at radius 2 is 2.38 bits per heavy atom. The van der Waals surface area contributed by atoms with E-state index in [1.54, 1.807) is 12.3 Å². The summed E-state index contributed by atoms with van der Waals surface area (Å²) in [5, 5.41) is 18.7. The average Bonchev–Trinajstić information content (AvgIpc) is 2.79. The monoisotopic (exact) mass is 276 g/mol. The van der Waals surface area contributed by atoms with E-state index < -0.39 is 0 Å². The molecule has 0 spiro atoms. The van der Waals surface area contributed by atoms with E-state index in [0.717, 1.165) is 15.7 Å². The Balaban J connectivity index is 2.15. The van der Waals surface area contributed by atoms with Crippen LogP contribution < -0.4 is 5.32 Å². The van der Waals surface area contributed by atoms with Gasteiger partial charge in [-0.05, 0) is 18.2 Å². The second-order valence-corrected chi connectivity index (χ2v) is 4.18. The molecular weight excluding hydrogens is 268 g/mol. The fourth-order valence-corrected chi connectivity index (χ4v) is 1.69. The van der Waals surface area contributed by atoms with Gasteiger partial charge < -0.3 is 5.32 Å². The maximum Gasteiger partial charge on any atom is 0.101 e. The van der Waals surface area contributed by atoms with Crippen LogP contribution in [0.2, 0.25) is 0 Å². The minimum atomic E-state index is 0.631. The number of anilines is 1. The summed E-state index contributed by atoms with van der Waals surface area (Å²) in [6, 6.07) is 7.66. The number of aromatic amines is 1. The molecule has 16 heavy (non-hydrogen) atoms. The lowest BCUT2D eigenvalue weighted by atomic mass is 10.2. The summed E-state index contributed by atoms with van der Waals surface area (Å²) in [6.07, 6.45) is 3.56. The number of halogens is 1. The van der Waals surface area contributed by atoms with Crippen molar-refractivity contribution >= 4 is 21.6 Å². The van der Waals surface area contributed by atoms with Gasteiger partial charge >= 0.3 is 0 Å². The van der Waals surface area contributed by atoms with Gasteiger partial charge in [-0.3, -0.25) is 5.10 Å². The number of rotatable bonds is 3. The number of nitrogens with one attached hydrogen (secondary N) is 2. The molecule has 5 heteroatoms. The zero-order valence-corrected chi connectivity index (χ0v) is 9.95. The molecule has 0 aliphatic carbocycles. The van der Waals surface area contributed by atoms with Crippen LogP contribution in [0.3, 0.4) is 0 Å². The zero-order valence-electron chi connectivity index (χ0n) is 8.37. The van der Waals surface area contributed by atoms with Crippen molar-refractivity contribution in [3.05, 3.63) is 46.2 Å². The molecule has 0 amide bonds. The summed E-state index contributed by atoms with van der Waals surface area (Å²) in [7, 11) is 0. The highest BCUT2D eigenvalue weighted by Gasteiger charge is 2.02. The van der Waals surface area contributed by atoms with Crippen LogP contribution in [0.15, 0.2) is 35.1 Å². The average molecular weight is 277 g/mol. The van der Waals surface area contributed by atoms with Crippen LogP contribution in [0.5, 0.6) is 0 Å². The van der Waals surface area contributed by atoms with Crippen molar-refractivity contribution in [1.29, 1.82) is 5.26 Å². The van der Waals surface area contributed by atoms with Crippen LogP contribution in [0.1, 0.15) is 11.1 Å². The lowest BCUT2D eigenvalue weighted by Gasteiger charge is -2.07. The third-order valence-electron chi connectivity index (χ3n) is 2.14. The quantitative estimate of drug-likeness (QED) is 0.906. The van der Waals surface area contributed by atoms with Crippen molar-refractivity contribution in [3.63, 3.8) is 0 Å². The normalized spacial score (nSPS) is 9.75. The summed E-state index contributed by atoms with van der Waals surface area (Å²) in [6.45, 7) is 0.641. The lowest BCUT2D eigenvalue weighted by molar-refractivity contribution is 1.09. The van der Waals surface area contributed by atoms with Gasteiger partial charge in [0, 0.05) is 22.8 Å². The lowest BCUT2D eigenvalue weighted by Crippen LogP contribution is -2.00. The van der Waals surface area contributed by atoms with Gasteiger partial charge in [0.15, 0.2) is 0 Å². The van der Waals surface area contributed by atoms with E-state index >= 15 is 0 Å². The Bertz CT molecular complexity index is 513. The summed E-state index contributed by atoms with van der Waals surface area (Å²) >= 11 is 3.38. The van der Waals surface area contributed by atoms with Crippen LogP contribution in [0, 0.1) is 11.3 Å². The van der Waals surface area contributed by atoms with E-state index in [1.807, 2.05) is 18.3 Å². The summed E-state index contributed by atoms with van der Waals surface area (Å²) < 4.78 is 0.946. The minimum Gasteiger partial charge on any atom is -0.380 e. The molecule has 0 unspecified atom stereocenters. The van der Waals surface area contributed by atoms with Crippen molar-refractivity contribution in [2.75, 3.05) is 5.32 Å². The number of nitriles is 1. The van der Waals surface area contributed by atoms with Crippen molar-refractivity contribution in [2.45, 2.75) is 6.54 Å². The fourth-order valence-electron chi connectivity index (χ4n) is 1.33. The highest BCUT2D eigenvalue weighted by molar-refractivity contribution is 9.10. The van der Waals surface area contributed by atoms with Crippen LogP contribution >= 0.6 is 15.9 Å². The SMILES string of the molecule is N#Cc1ccc(Br)cc1NCc1cn[nH]c1. The molecule has 1 aromatic carbocycles. The first-order valence-electron chi connectivity index (χ1n) is 4.71. The molecule has 80 valence electrons. The molecule has 0 fully saturated rings. The van der Waals surface area contributed by atoms with E-state index in [9.17, 15) is 0 Å². The van der Waals surface area contributed by atoms with Gasteiger partial charge in [-0.2, -0.15) is 10.4 Å². The molecule has 0 atom stereocenters. The highest BCUT2D eigenvalue weighted by atomic mass is 79.9. The zero-order chi connectivity index (χ0) is 11.4. The van der Waals surface area contributed by atoms with Crippen LogP contribution in [-0.4, -0.2) is 10.2 Å². The van der Waals surface area contributed by atoms with Gasteiger partial charge in [-0.25, -0.2) is 0 Å². The molecule has 0 aliphatic rings. The van der Waals surface area contributed by atoms with E-state index in [2.05, 4.69) is 37.5 Å². The number of hydrogen-bond acceptors (Lipinski definition) is 3. The van der Waals surface area contributed by atoms with Gasteiger partial charge in [-0.15, -0.1) is 0 Å². The molecule has 0 bridgehead atoms. The molecule has 2 N–H and O–H groups in total. The first kappa shape index (κ1) is 10.7. The van der Waals surface area contributed by atoms with Crippen molar-refractivity contribution < 1.29 is 0 Å². The summed E-state index contributed by atoms with van der Waals surface area (Å²) in [4.78, 5) is 0. The molecule has 0 saturated carbocycles. The first-order valence-corrected chi connectivity index (χ1v) is 5.50. The molecule has 2 rings (SSSR count). The number of H-pyrrole nitrogens is 1. The maximum absolute atomic E-state index is 8.94. The molecule has 1 heterocycles. The van der Waals surface area contributed by atoms with Crippen LogP contribution in [0.4, 0.5) is 5.69 Å². The number of nitrogens with zero attached hydrogens (tertiary/aromatic N) is 2. The second-order valence-electron chi connectivity index (χ2n) is 3.26. The van der Waals surface area contributed by atoms with E-state index in [-0.39, 0.29) is 0 Å². The standard InChI is InChI=1S/C11H9BrN4/c12-10-2-1-9(4-13)11(3-10)14-5-8-6-15-16-7-8/h1-3,6-7,14H,5H2,(H,15,16). The van der Waals surface area contributed by atoms with Crippen LogP contribution in [0.25, 0.3) is 0 Å². The molecule has 2 aromatic rings.